The summed E-state index contributed by atoms with van der Waals surface area (Å²) in [4.78, 5) is 4.41. The molecule has 1 heterocycles. The number of ether oxygens (including phenoxy) is 1. The minimum Gasteiger partial charge on any atom is -0.405 e. The second-order valence-electron chi connectivity index (χ2n) is 6.59. The van der Waals surface area contributed by atoms with Crippen LogP contribution in [0.1, 0.15) is 31.4 Å². The van der Waals surface area contributed by atoms with Crippen molar-refractivity contribution in [1.29, 1.82) is 0 Å². The summed E-state index contributed by atoms with van der Waals surface area (Å²) in [5, 5.41) is 0.360. The van der Waals surface area contributed by atoms with E-state index in [0.717, 1.165) is 18.5 Å². The van der Waals surface area contributed by atoms with Gasteiger partial charge in [-0.15, -0.1) is 13.2 Å². The summed E-state index contributed by atoms with van der Waals surface area (Å²) in [6.07, 6.45) is -2.41. The van der Waals surface area contributed by atoms with Crippen LogP contribution in [0, 0.1) is 0 Å². The van der Waals surface area contributed by atoms with E-state index < -0.39 is 13.5 Å². The van der Waals surface area contributed by atoms with E-state index in [1.54, 1.807) is 31.3 Å². The van der Waals surface area contributed by atoms with Crippen molar-refractivity contribution in [3.8, 4) is 17.1 Å². The van der Waals surface area contributed by atoms with E-state index in [1.165, 1.54) is 12.1 Å². The molecule has 1 aliphatic rings. The van der Waals surface area contributed by atoms with Crippen molar-refractivity contribution < 1.29 is 22.5 Å². The van der Waals surface area contributed by atoms with Crippen molar-refractivity contribution in [3.63, 3.8) is 0 Å². The number of benzene rings is 1. The maximum atomic E-state index is 12.9. The van der Waals surface area contributed by atoms with Gasteiger partial charge in [0.2, 0.25) is 0 Å². The molecule has 1 saturated carbocycles. The molecule has 0 unspecified atom stereocenters. The lowest BCUT2D eigenvalue weighted by Gasteiger charge is -2.17. The standard InChI is InChI=1S/C17H19BrF3N2O2P/c1-4-26(3,24)11-7-8-12(13(9-11)25-17(19,20)21)16-22-15(18)14(23(16)2)10-5-6-10/h7-10H,4-6H2,1-3H3/t26-/m0/s1. The Bertz CT molecular complexity index is 891. The summed E-state index contributed by atoms with van der Waals surface area (Å²) in [6, 6.07) is 4.34. The van der Waals surface area contributed by atoms with Crippen molar-refractivity contribution in [1.82, 2.24) is 9.55 Å². The topological polar surface area (TPSA) is 44.1 Å². The van der Waals surface area contributed by atoms with Gasteiger partial charge in [-0.2, -0.15) is 0 Å². The Hall–Kier alpha value is -1.27. The summed E-state index contributed by atoms with van der Waals surface area (Å²) < 4.78 is 58.1. The minimum absolute atomic E-state index is 0.220. The van der Waals surface area contributed by atoms with Crippen LogP contribution in [-0.4, -0.2) is 28.7 Å². The molecule has 142 valence electrons. The number of hydrogen-bond acceptors (Lipinski definition) is 3. The molecule has 0 amide bonds. The van der Waals surface area contributed by atoms with E-state index in [1.807, 2.05) is 0 Å². The van der Waals surface area contributed by atoms with E-state index in [-0.39, 0.29) is 11.3 Å². The van der Waals surface area contributed by atoms with Crippen molar-refractivity contribution in [2.45, 2.75) is 32.0 Å². The SMILES string of the molecule is CC[P@](C)(=O)c1ccc(-c2nc(Br)c(C3CC3)n2C)c(OC(F)(F)F)c1. The van der Waals surface area contributed by atoms with E-state index in [0.29, 0.717) is 27.8 Å². The van der Waals surface area contributed by atoms with Gasteiger partial charge in [-0.3, -0.25) is 0 Å². The second-order valence-corrected chi connectivity index (χ2v) is 10.7. The van der Waals surface area contributed by atoms with Crippen LogP contribution in [0.5, 0.6) is 5.75 Å². The quantitative estimate of drug-likeness (QED) is 0.583. The molecule has 1 atom stereocenters. The first-order valence-corrected chi connectivity index (χ1v) is 11.4. The summed E-state index contributed by atoms with van der Waals surface area (Å²) in [6.45, 7) is 3.30. The zero-order valence-electron chi connectivity index (χ0n) is 14.6. The van der Waals surface area contributed by atoms with Crippen LogP contribution >= 0.6 is 23.1 Å². The summed E-state index contributed by atoms with van der Waals surface area (Å²) in [5.41, 5.74) is 1.19. The minimum atomic E-state index is -4.85. The number of alkyl halides is 3. The molecule has 4 nitrogen and oxygen atoms in total. The van der Waals surface area contributed by atoms with Gasteiger partial charge in [0.05, 0.1) is 11.3 Å². The first-order valence-electron chi connectivity index (χ1n) is 8.23. The molecule has 0 radical (unpaired) electrons. The molecule has 0 bridgehead atoms. The van der Waals surface area contributed by atoms with Gasteiger partial charge in [-0.25, -0.2) is 4.98 Å². The van der Waals surface area contributed by atoms with Gasteiger partial charge < -0.3 is 13.9 Å². The van der Waals surface area contributed by atoms with Gasteiger partial charge >= 0.3 is 6.36 Å². The fourth-order valence-corrected chi connectivity index (χ4v) is 4.80. The number of nitrogens with zero attached hydrogens (tertiary/aromatic N) is 2. The Balaban J connectivity index is 2.15. The summed E-state index contributed by atoms with van der Waals surface area (Å²) in [7, 11) is -0.955. The Labute approximate surface area is 158 Å². The lowest BCUT2D eigenvalue weighted by atomic mass is 10.2. The van der Waals surface area contributed by atoms with Gasteiger partial charge in [0, 0.05) is 24.4 Å². The maximum Gasteiger partial charge on any atom is 0.573 e. The fourth-order valence-electron chi connectivity index (χ4n) is 2.90. The van der Waals surface area contributed by atoms with Crippen LogP contribution in [0.15, 0.2) is 22.8 Å². The van der Waals surface area contributed by atoms with Crippen molar-refractivity contribution >= 4 is 28.4 Å². The molecule has 0 spiro atoms. The maximum absolute atomic E-state index is 12.9. The normalized spacial score (nSPS) is 17.2. The molecule has 0 saturated heterocycles. The highest BCUT2D eigenvalue weighted by atomic mass is 79.9. The van der Waals surface area contributed by atoms with Crippen LogP contribution in [0.4, 0.5) is 13.2 Å². The molecule has 1 aliphatic carbocycles. The number of rotatable bonds is 5. The zero-order valence-corrected chi connectivity index (χ0v) is 17.1. The first kappa shape index (κ1) is 19.5. The number of hydrogen-bond donors (Lipinski definition) is 0. The van der Waals surface area contributed by atoms with Crippen LogP contribution in [0.25, 0.3) is 11.4 Å². The third-order valence-electron chi connectivity index (χ3n) is 4.64. The van der Waals surface area contributed by atoms with Crippen molar-refractivity contribution in [3.05, 3.63) is 28.5 Å². The predicted octanol–water partition coefficient (Wildman–Crippen LogP) is 5.26. The molecule has 26 heavy (non-hydrogen) atoms. The number of halogens is 4. The van der Waals surface area contributed by atoms with E-state index in [2.05, 4.69) is 25.7 Å². The Kier molecular flexibility index (Phi) is 5.03. The molecular formula is C17H19BrF3N2O2P. The average Bonchev–Trinajstić information content (AvgIpc) is 3.31. The summed E-state index contributed by atoms with van der Waals surface area (Å²) >= 11 is 3.41. The highest BCUT2D eigenvalue weighted by Gasteiger charge is 2.35. The number of imidazole rings is 1. The third-order valence-corrected chi connectivity index (χ3v) is 7.80. The largest absolute Gasteiger partial charge is 0.573 e. The zero-order chi connectivity index (χ0) is 19.3. The molecule has 1 aromatic heterocycles. The highest BCUT2D eigenvalue weighted by molar-refractivity contribution is 9.10. The van der Waals surface area contributed by atoms with Crippen LogP contribution in [-0.2, 0) is 11.6 Å². The highest BCUT2D eigenvalue weighted by Crippen LogP contribution is 2.46. The molecule has 1 aromatic carbocycles. The Morgan fingerprint density at radius 2 is 2.04 bits per heavy atom. The first-order chi connectivity index (χ1) is 12.0. The second kappa shape index (κ2) is 6.71. The molecule has 2 aromatic rings. The Morgan fingerprint density at radius 3 is 2.58 bits per heavy atom. The molecule has 9 heteroatoms. The van der Waals surface area contributed by atoms with Crippen LogP contribution in [0.3, 0.4) is 0 Å². The molecular weight excluding hydrogens is 432 g/mol. The van der Waals surface area contributed by atoms with E-state index >= 15 is 0 Å². The van der Waals surface area contributed by atoms with Crippen LogP contribution < -0.4 is 10.0 Å². The van der Waals surface area contributed by atoms with Gasteiger partial charge in [0.1, 0.15) is 23.3 Å². The third kappa shape index (κ3) is 3.86. The van der Waals surface area contributed by atoms with Crippen LogP contribution in [0.2, 0.25) is 0 Å². The van der Waals surface area contributed by atoms with Gasteiger partial charge in [0.25, 0.3) is 0 Å². The van der Waals surface area contributed by atoms with Crippen molar-refractivity contribution in [2.24, 2.45) is 7.05 Å². The molecule has 0 N–H and O–H groups in total. The summed E-state index contributed by atoms with van der Waals surface area (Å²) in [5.74, 6) is 0.373. The van der Waals surface area contributed by atoms with Gasteiger partial charge in [0.15, 0.2) is 0 Å². The monoisotopic (exact) mass is 450 g/mol. The van der Waals surface area contributed by atoms with E-state index in [9.17, 15) is 17.7 Å². The molecule has 0 aliphatic heterocycles. The lowest BCUT2D eigenvalue weighted by molar-refractivity contribution is -0.274. The fraction of sp³-hybridized carbons (Fsp3) is 0.471. The predicted molar refractivity (Wildman–Crippen MR) is 98.7 cm³/mol. The Morgan fingerprint density at radius 1 is 1.38 bits per heavy atom. The van der Waals surface area contributed by atoms with E-state index in [4.69, 9.17) is 0 Å². The van der Waals surface area contributed by atoms with Gasteiger partial charge in [-0.05, 0) is 47.6 Å². The number of aromatic nitrogens is 2. The van der Waals surface area contributed by atoms with Crippen molar-refractivity contribution in [2.75, 3.05) is 12.8 Å². The smallest absolute Gasteiger partial charge is 0.405 e. The molecule has 3 rings (SSSR count). The lowest BCUT2D eigenvalue weighted by Crippen LogP contribution is -2.19. The average molecular weight is 451 g/mol. The molecule has 1 fully saturated rings. The van der Waals surface area contributed by atoms with Gasteiger partial charge in [-0.1, -0.05) is 13.0 Å².